The highest BCUT2D eigenvalue weighted by Gasteiger charge is 2.16. The Bertz CT molecular complexity index is 931. The highest BCUT2D eigenvalue weighted by molar-refractivity contribution is 5.65. The van der Waals surface area contributed by atoms with Crippen molar-refractivity contribution in [3.63, 3.8) is 0 Å². The van der Waals surface area contributed by atoms with E-state index in [1.54, 1.807) is 18.2 Å². The summed E-state index contributed by atoms with van der Waals surface area (Å²) in [5.74, 6) is -2.67. The van der Waals surface area contributed by atoms with Crippen molar-refractivity contribution in [2.24, 2.45) is 0 Å². The van der Waals surface area contributed by atoms with E-state index in [9.17, 15) is 13.2 Å². The molecule has 0 aliphatic heterocycles. The lowest BCUT2D eigenvalue weighted by Gasteiger charge is -2.07. The van der Waals surface area contributed by atoms with Gasteiger partial charge in [0, 0.05) is 6.07 Å². The number of hydrogen-bond donors (Lipinski definition) is 1. The second-order valence-corrected chi connectivity index (χ2v) is 5.15. The van der Waals surface area contributed by atoms with Gasteiger partial charge in [0.2, 0.25) is 11.7 Å². The van der Waals surface area contributed by atoms with Crippen LogP contribution in [0.5, 0.6) is 11.5 Å². The molecule has 6 nitrogen and oxygen atoms in total. The maximum absolute atomic E-state index is 13.6. The van der Waals surface area contributed by atoms with Crippen molar-refractivity contribution >= 4 is 5.69 Å². The van der Waals surface area contributed by atoms with E-state index in [-0.39, 0.29) is 23.9 Å². The third-order valence-corrected chi connectivity index (χ3v) is 3.58. The first kappa shape index (κ1) is 17.6. The Morgan fingerprint density at radius 1 is 1.04 bits per heavy atom. The third kappa shape index (κ3) is 3.41. The summed E-state index contributed by atoms with van der Waals surface area (Å²) < 4.78 is 55.3. The summed E-state index contributed by atoms with van der Waals surface area (Å²) in [7, 11) is 3.02. The largest absolute Gasteiger partial charge is 0.497 e. The third-order valence-electron chi connectivity index (χ3n) is 3.58. The summed E-state index contributed by atoms with van der Waals surface area (Å²) >= 11 is 0. The molecular formula is C17H14F3N3O3. The van der Waals surface area contributed by atoms with Crippen LogP contribution in [0.25, 0.3) is 11.4 Å². The van der Waals surface area contributed by atoms with Gasteiger partial charge in [-0.25, -0.2) is 13.2 Å². The molecule has 0 fully saturated rings. The van der Waals surface area contributed by atoms with Crippen molar-refractivity contribution in [1.82, 2.24) is 10.1 Å². The highest BCUT2D eigenvalue weighted by Crippen LogP contribution is 2.31. The van der Waals surface area contributed by atoms with Crippen LogP contribution in [0.3, 0.4) is 0 Å². The minimum Gasteiger partial charge on any atom is -0.497 e. The highest BCUT2D eigenvalue weighted by atomic mass is 19.2. The first-order chi connectivity index (χ1) is 12.5. The van der Waals surface area contributed by atoms with Crippen LogP contribution in [0.4, 0.5) is 18.9 Å². The van der Waals surface area contributed by atoms with Gasteiger partial charge in [-0.1, -0.05) is 5.16 Å². The van der Waals surface area contributed by atoms with Gasteiger partial charge in [-0.15, -0.1) is 0 Å². The molecule has 3 aromatic rings. The van der Waals surface area contributed by atoms with Gasteiger partial charge in [0.25, 0.3) is 0 Å². The predicted octanol–water partition coefficient (Wildman–Crippen LogP) is 3.78. The molecule has 136 valence electrons. The number of anilines is 1. The molecule has 0 atom stereocenters. The van der Waals surface area contributed by atoms with E-state index in [4.69, 9.17) is 14.0 Å². The number of nitrogens with zero attached hydrogens (tertiary/aromatic N) is 2. The molecule has 9 heteroatoms. The number of hydrogen-bond acceptors (Lipinski definition) is 6. The lowest BCUT2D eigenvalue weighted by Crippen LogP contribution is -2.04. The van der Waals surface area contributed by atoms with Crippen molar-refractivity contribution in [2.45, 2.75) is 6.54 Å². The van der Waals surface area contributed by atoms with Crippen molar-refractivity contribution in [1.29, 1.82) is 0 Å². The number of halogens is 3. The van der Waals surface area contributed by atoms with E-state index in [0.29, 0.717) is 17.1 Å². The fourth-order valence-corrected chi connectivity index (χ4v) is 2.25. The second kappa shape index (κ2) is 7.34. The van der Waals surface area contributed by atoms with Crippen LogP contribution in [-0.4, -0.2) is 24.4 Å². The minimum atomic E-state index is -1.55. The topological polar surface area (TPSA) is 69.4 Å². The van der Waals surface area contributed by atoms with Gasteiger partial charge < -0.3 is 19.3 Å². The van der Waals surface area contributed by atoms with Crippen molar-refractivity contribution in [2.75, 3.05) is 19.5 Å². The molecule has 0 saturated carbocycles. The summed E-state index contributed by atoms with van der Waals surface area (Å²) in [5.41, 5.74) is 0.355. The van der Waals surface area contributed by atoms with Crippen LogP contribution in [0.2, 0.25) is 0 Å². The van der Waals surface area contributed by atoms with Gasteiger partial charge in [0.1, 0.15) is 11.5 Å². The molecule has 0 bridgehead atoms. The van der Waals surface area contributed by atoms with Crippen molar-refractivity contribution in [3.8, 4) is 22.9 Å². The fourth-order valence-electron chi connectivity index (χ4n) is 2.25. The predicted molar refractivity (Wildman–Crippen MR) is 86.5 cm³/mol. The molecule has 1 heterocycles. The summed E-state index contributed by atoms with van der Waals surface area (Å²) in [6.45, 7) is -0.0759. The normalized spacial score (nSPS) is 10.7. The first-order valence-corrected chi connectivity index (χ1v) is 7.46. The van der Waals surface area contributed by atoms with E-state index in [1.165, 1.54) is 14.2 Å². The molecule has 0 aliphatic rings. The first-order valence-electron chi connectivity index (χ1n) is 7.46. The van der Waals surface area contributed by atoms with E-state index in [0.717, 1.165) is 12.1 Å². The fraction of sp³-hybridized carbons (Fsp3) is 0.176. The molecular weight excluding hydrogens is 351 g/mol. The molecule has 0 radical (unpaired) electrons. The van der Waals surface area contributed by atoms with Crippen LogP contribution >= 0.6 is 0 Å². The molecule has 3 rings (SSSR count). The number of nitrogens with one attached hydrogen (secondary N) is 1. The van der Waals surface area contributed by atoms with Crippen LogP contribution in [0.15, 0.2) is 34.9 Å². The molecule has 1 aromatic heterocycles. The van der Waals surface area contributed by atoms with Gasteiger partial charge in [0.05, 0.1) is 32.0 Å². The standard InChI is InChI=1S/C17H14F3N3O3/c1-24-9-3-4-10(13(7-9)25-2)17-22-14(26-23-17)8-21-12-6-5-11(18)15(19)16(12)20/h3-7,21H,8H2,1-2H3. The molecule has 1 N–H and O–H groups in total. The summed E-state index contributed by atoms with van der Waals surface area (Å²) in [5, 5.41) is 6.42. The Balaban J connectivity index is 1.78. The summed E-state index contributed by atoms with van der Waals surface area (Å²) in [4.78, 5) is 4.18. The van der Waals surface area contributed by atoms with E-state index in [2.05, 4.69) is 15.5 Å². The van der Waals surface area contributed by atoms with Crippen LogP contribution < -0.4 is 14.8 Å². The zero-order chi connectivity index (χ0) is 18.7. The van der Waals surface area contributed by atoms with Crippen LogP contribution in [0.1, 0.15) is 5.89 Å². The Hall–Kier alpha value is -3.23. The summed E-state index contributed by atoms with van der Waals surface area (Å²) in [6.07, 6.45) is 0. The number of aromatic nitrogens is 2. The zero-order valence-corrected chi connectivity index (χ0v) is 13.8. The number of methoxy groups -OCH3 is 2. The van der Waals surface area contributed by atoms with Gasteiger partial charge in [-0.05, 0) is 24.3 Å². The maximum atomic E-state index is 13.6. The quantitative estimate of drug-likeness (QED) is 0.671. The average Bonchev–Trinajstić information content (AvgIpc) is 3.13. The molecule has 0 unspecified atom stereocenters. The SMILES string of the molecule is COc1ccc(-c2noc(CNc3ccc(F)c(F)c3F)n2)c(OC)c1. The minimum absolute atomic E-state index is 0.0759. The lowest BCUT2D eigenvalue weighted by molar-refractivity contribution is 0.381. The second-order valence-electron chi connectivity index (χ2n) is 5.15. The molecule has 0 saturated heterocycles. The number of rotatable bonds is 6. The number of benzene rings is 2. The zero-order valence-electron chi connectivity index (χ0n) is 13.8. The Kier molecular flexibility index (Phi) is 4.97. The maximum Gasteiger partial charge on any atom is 0.246 e. The molecule has 0 amide bonds. The van der Waals surface area contributed by atoms with Gasteiger partial charge >= 0.3 is 0 Å². The Labute approximate surface area is 146 Å². The smallest absolute Gasteiger partial charge is 0.246 e. The van der Waals surface area contributed by atoms with E-state index < -0.39 is 17.5 Å². The van der Waals surface area contributed by atoms with E-state index in [1.807, 2.05) is 0 Å². The van der Waals surface area contributed by atoms with E-state index >= 15 is 0 Å². The van der Waals surface area contributed by atoms with Crippen molar-refractivity contribution in [3.05, 3.63) is 53.7 Å². The Morgan fingerprint density at radius 3 is 2.58 bits per heavy atom. The van der Waals surface area contributed by atoms with Gasteiger partial charge in [-0.3, -0.25) is 0 Å². The molecule has 26 heavy (non-hydrogen) atoms. The summed E-state index contributed by atoms with van der Waals surface area (Å²) in [6, 6.07) is 6.98. The monoisotopic (exact) mass is 365 g/mol. The molecule has 2 aromatic carbocycles. The van der Waals surface area contributed by atoms with Crippen LogP contribution in [0, 0.1) is 17.5 Å². The number of ether oxygens (including phenoxy) is 2. The lowest BCUT2D eigenvalue weighted by atomic mass is 10.2. The van der Waals surface area contributed by atoms with Crippen molar-refractivity contribution < 1.29 is 27.2 Å². The Morgan fingerprint density at radius 2 is 1.85 bits per heavy atom. The average molecular weight is 365 g/mol. The van der Waals surface area contributed by atoms with Crippen LogP contribution in [-0.2, 0) is 6.54 Å². The molecule has 0 aliphatic carbocycles. The molecule has 0 spiro atoms. The van der Waals surface area contributed by atoms with Gasteiger partial charge in [0.15, 0.2) is 17.5 Å². The van der Waals surface area contributed by atoms with Gasteiger partial charge in [-0.2, -0.15) is 4.98 Å².